The first kappa shape index (κ1) is 87.9. The predicted octanol–water partition coefficient (Wildman–Crippen LogP) is 32.2. The van der Waals surface area contributed by atoms with Crippen LogP contribution in [0.4, 0.5) is 0 Å². The monoisotopic (exact) mass is 1970 g/mol. The molecule has 0 N–H and O–H groups in total. The van der Waals surface area contributed by atoms with E-state index in [-0.39, 0.29) is 0 Å². The molecule has 0 saturated heterocycles. The highest BCUT2D eigenvalue weighted by molar-refractivity contribution is 7.19. The van der Waals surface area contributed by atoms with Crippen LogP contribution in [0, 0.1) is 0 Å². The molecule has 0 radical (unpaired) electrons. The molecule has 0 bridgehead atoms. The van der Waals surface area contributed by atoms with Gasteiger partial charge in [-0.3, -0.25) is 43.6 Å². The molecule has 0 aliphatic carbocycles. The van der Waals surface area contributed by atoms with Gasteiger partial charge in [-0.25, -0.2) is 39.9 Å². The van der Waals surface area contributed by atoms with Crippen LogP contribution in [0.5, 0.6) is 0 Å². The van der Waals surface area contributed by atoms with E-state index >= 15 is 0 Å². The maximum Gasteiger partial charge on any atom is 0.235 e. The molecule has 0 aliphatic rings. The molecule has 0 fully saturated rings. The van der Waals surface area contributed by atoms with E-state index in [0.29, 0.717) is 29.2 Å². The van der Waals surface area contributed by atoms with E-state index in [1.54, 1.807) is 94.9 Å². The van der Waals surface area contributed by atoms with E-state index in [2.05, 4.69) is 331 Å². The summed E-state index contributed by atoms with van der Waals surface area (Å²) in [5.74, 6) is 4.97. The number of rotatable bonds is 14. The number of hydrogen-bond acceptors (Lipinski definition) is 18. The van der Waals surface area contributed by atoms with E-state index in [1.807, 2.05) is 140 Å². The lowest BCUT2D eigenvalue weighted by molar-refractivity contribution is 0.995. The van der Waals surface area contributed by atoms with Crippen LogP contribution in [0.2, 0.25) is 0 Å². The van der Waals surface area contributed by atoms with Gasteiger partial charge in [0.25, 0.3) is 0 Å². The van der Waals surface area contributed by atoms with Crippen molar-refractivity contribution in [3.63, 3.8) is 0 Å². The van der Waals surface area contributed by atoms with Crippen molar-refractivity contribution in [2.75, 3.05) is 0 Å². The van der Waals surface area contributed by atoms with Crippen molar-refractivity contribution in [2.45, 2.75) is 0 Å². The molecular formula is C126H78N18S4. The summed E-state index contributed by atoms with van der Waals surface area (Å²) in [6.07, 6.45) is 21.5. The zero-order valence-electron chi connectivity index (χ0n) is 78.7. The molecule has 18 heterocycles. The van der Waals surface area contributed by atoms with Crippen molar-refractivity contribution in [3.8, 4) is 136 Å². The Bertz CT molecular complexity index is 9410. The van der Waals surface area contributed by atoms with Gasteiger partial charge in [-0.2, -0.15) is 0 Å². The Labute approximate surface area is 862 Å². The average Bonchev–Trinajstić information content (AvgIpc) is 1.59. The van der Waals surface area contributed by atoms with Crippen molar-refractivity contribution in [3.05, 3.63) is 472 Å². The molecule has 0 amide bonds. The summed E-state index contributed by atoms with van der Waals surface area (Å²) in [5.41, 5.74) is 26.0. The average molecular weight is 1970 g/mol. The first-order valence-electron chi connectivity index (χ1n) is 48.3. The SMILES string of the molecule is c1ccc(-c2ccc(-c3nc(-c4ccccc4)nc(-c4ccc(-n5c6ccccc6c6c7sccc7ccc65)cc4)n3)cc2)cc1.c1ccc2c(c1)c1c3sccc3ccc1n2-c1cc(-c2ccncc2)cc(-c2ccncc2)n1.c1ccc2c(c1)c1c3sccc3ccc1n2-c1cc(-c2ccncc2)nc(-c2ccncc2)n1.c1ccc2c(c1)c1c3sccc3ccc1n2-c1nc(-c2ccncc2)cc(-c2ccncc2)n1. The maximum atomic E-state index is 5.16. The van der Waals surface area contributed by atoms with Gasteiger partial charge in [0.05, 0.1) is 66.9 Å². The van der Waals surface area contributed by atoms with Crippen molar-refractivity contribution < 1.29 is 0 Å². The molecular weight excluding hydrogens is 1890 g/mol. The first-order chi connectivity index (χ1) is 73.4. The number of para-hydroxylation sites is 4. The smallest absolute Gasteiger partial charge is 0.235 e. The van der Waals surface area contributed by atoms with Crippen LogP contribution in [0.3, 0.4) is 0 Å². The molecule has 696 valence electrons. The van der Waals surface area contributed by atoms with Gasteiger partial charge in [-0.1, -0.05) is 182 Å². The lowest BCUT2D eigenvalue weighted by Gasteiger charge is -2.12. The molecule has 30 aromatic rings. The van der Waals surface area contributed by atoms with E-state index in [9.17, 15) is 0 Å². The summed E-state index contributed by atoms with van der Waals surface area (Å²) >= 11 is 7.15. The van der Waals surface area contributed by atoms with Gasteiger partial charge in [0.2, 0.25) is 5.95 Å². The molecule has 148 heavy (non-hydrogen) atoms. The lowest BCUT2D eigenvalue weighted by atomic mass is 10.0. The van der Waals surface area contributed by atoms with Crippen LogP contribution in [0.15, 0.2) is 472 Å². The minimum atomic E-state index is 0.642. The van der Waals surface area contributed by atoms with Crippen molar-refractivity contribution in [1.82, 2.24) is 88.0 Å². The third kappa shape index (κ3) is 16.2. The zero-order chi connectivity index (χ0) is 97.9. The Morgan fingerprint density at radius 2 is 0.453 bits per heavy atom. The number of pyridine rings is 7. The molecule has 0 saturated carbocycles. The molecule has 18 aromatic heterocycles. The summed E-state index contributed by atoms with van der Waals surface area (Å²) in [6.45, 7) is 0. The molecule has 0 spiro atoms. The molecule has 22 heteroatoms. The first-order valence-corrected chi connectivity index (χ1v) is 51.8. The zero-order valence-corrected chi connectivity index (χ0v) is 82.0. The van der Waals surface area contributed by atoms with Gasteiger partial charge in [0.1, 0.15) is 11.6 Å². The molecule has 0 unspecified atom stereocenters. The minimum Gasteiger partial charge on any atom is -0.309 e. The fourth-order valence-corrected chi connectivity index (χ4v) is 24.0. The summed E-state index contributed by atoms with van der Waals surface area (Å²) in [5, 5.41) is 23.7. The second kappa shape index (κ2) is 38.0. The molecule has 18 nitrogen and oxygen atoms in total. The second-order valence-corrected chi connectivity index (χ2v) is 39.3. The second-order valence-electron chi connectivity index (χ2n) is 35.7. The van der Waals surface area contributed by atoms with Crippen molar-refractivity contribution in [2.24, 2.45) is 0 Å². The highest BCUT2D eigenvalue weighted by Crippen LogP contribution is 2.46. The molecule has 30 rings (SSSR count). The summed E-state index contributed by atoms with van der Waals surface area (Å²) in [7, 11) is 0. The Morgan fingerprint density at radius 1 is 0.169 bits per heavy atom. The number of nitrogens with zero attached hydrogens (tertiary/aromatic N) is 18. The number of benzene rings is 12. The highest BCUT2D eigenvalue weighted by Gasteiger charge is 2.26. The Morgan fingerprint density at radius 3 is 0.865 bits per heavy atom. The highest BCUT2D eigenvalue weighted by atomic mass is 32.1. The van der Waals surface area contributed by atoms with Gasteiger partial charge in [0, 0.05) is 193 Å². The molecule has 0 atom stereocenters. The van der Waals surface area contributed by atoms with Crippen LogP contribution < -0.4 is 0 Å². The fourth-order valence-electron chi connectivity index (χ4n) is 20.2. The summed E-state index contributed by atoms with van der Waals surface area (Å²) < 4.78 is 14.3. The van der Waals surface area contributed by atoms with Crippen molar-refractivity contribution in [1.29, 1.82) is 0 Å². The van der Waals surface area contributed by atoms with Crippen LogP contribution in [0.1, 0.15) is 0 Å². The number of thiophene rings is 4. The van der Waals surface area contributed by atoms with E-state index < -0.39 is 0 Å². The largest absolute Gasteiger partial charge is 0.309 e. The van der Waals surface area contributed by atoms with Gasteiger partial charge in [-0.15, -0.1) is 45.3 Å². The normalized spacial score (nSPS) is 11.5. The van der Waals surface area contributed by atoms with E-state index in [4.69, 9.17) is 39.9 Å². The number of fused-ring (bicyclic) bond motifs is 20. The fraction of sp³-hybridized carbons (Fsp3) is 0. The quantitative estimate of drug-likeness (QED) is 0.0995. The van der Waals surface area contributed by atoms with Gasteiger partial charge >= 0.3 is 0 Å². The summed E-state index contributed by atoms with van der Waals surface area (Å²) in [6, 6.07) is 130. The Kier molecular flexibility index (Phi) is 22.5. The standard InChI is InChI=1S/C41H26N4S.C29H18N4S.2C28H17N5S/c1-3-9-27(10-4-1)28-15-17-31(18-16-28)40-42-39(30-11-5-2-6-12-30)43-41(44-40)32-19-22-33(23-20-32)45-35-14-8-7-13-34(35)37-36(45)24-21-29-25-26-46-38(29)37;1-2-4-25-23(3-1)28-26(6-5-21-11-16-34-29(21)28)33(25)27-18-22(19-7-12-30-13-8-19)17-24(32-27)20-9-14-31-15-10-20;1-2-4-24-21(3-1)26-25(6-5-20-11-16-34-27(20)26)33(24)28-31-22(18-7-12-29-13-8-18)17-23(32-28)19-9-14-30-15-10-19;1-2-4-23-21(3-1)26-24(6-5-19-11-16-34-27(19)26)33(23)25-17-22(18-7-12-29-13-8-18)31-28(32-25)20-9-14-30-15-10-20/h1-26H;1-18H;2*1-17H. The van der Waals surface area contributed by atoms with Gasteiger partial charge in [-0.05, 0) is 253 Å². The third-order valence-electron chi connectivity index (χ3n) is 27.1. The lowest BCUT2D eigenvalue weighted by Crippen LogP contribution is -2.04. The van der Waals surface area contributed by atoms with Crippen LogP contribution in [-0.2, 0) is 0 Å². The van der Waals surface area contributed by atoms with Gasteiger partial charge in [0.15, 0.2) is 23.3 Å². The third-order valence-corrected chi connectivity index (χ3v) is 30.9. The molecule has 12 aromatic carbocycles. The topological polar surface area (TPSA) is 200 Å². The maximum absolute atomic E-state index is 5.16. The van der Waals surface area contributed by atoms with E-state index in [0.717, 1.165) is 134 Å². The van der Waals surface area contributed by atoms with Crippen LogP contribution in [0.25, 0.3) is 264 Å². The van der Waals surface area contributed by atoms with Gasteiger partial charge < -0.3 is 4.57 Å². The van der Waals surface area contributed by atoms with Crippen LogP contribution in [-0.4, -0.2) is 88.0 Å². The van der Waals surface area contributed by atoms with Crippen LogP contribution >= 0.6 is 45.3 Å². The Balaban J connectivity index is 0.0000000983. The number of aromatic nitrogens is 18. The Hall–Kier alpha value is -19.1. The number of hydrogen-bond donors (Lipinski definition) is 0. The predicted molar refractivity (Wildman–Crippen MR) is 608 cm³/mol. The van der Waals surface area contributed by atoms with Crippen molar-refractivity contribution >= 4 is 173 Å². The minimum absolute atomic E-state index is 0.642. The molecule has 0 aliphatic heterocycles. The summed E-state index contributed by atoms with van der Waals surface area (Å²) in [4.78, 5) is 65.2. The van der Waals surface area contributed by atoms with E-state index in [1.165, 1.54) is 100 Å².